The van der Waals surface area contributed by atoms with Crippen LogP contribution in [0.15, 0.2) is 133 Å². The van der Waals surface area contributed by atoms with Gasteiger partial charge in [0.05, 0.1) is 35.5 Å². The summed E-state index contributed by atoms with van der Waals surface area (Å²) >= 11 is 0. The predicted molar refractivity (Wildman–Crippen MR) is 158 cm³/mol. The summed E-state index contributed by atoms with van der Waals surface area (Å²) in [6.07, 6.45) is 0. The molecule has 0 aliphatic heterocycles. The van der Waals surface area contributed by atoms with Crippen LogP contribution >= 0.6 is 0 Å². The zero-order valence-electron chi connectivity index (χ0n) is 21.3. The van der Waals surface area contributed by atoms with Gasteiger partial charge in [-0.05, 0) is 48.5 Å². The topological polar surface area (TPSA) is 32.3 Å². The van der Waals surface area contributed by atoms with Gasteiger partial charge in [-0.3, -0.25) is 9.97 Å². The molecule has 0 bridgehead atoms. The second kappa shape index (κ2) is 11.1. The molecule has 4 aromatic carbocycles. The van der Waals surface area contributed by atoms with Crippen LogP contribution < -0.4 is 9.80 Å². The third kappa shape index (κ3) is 5.50. The highest BCUT2D eigenvalue weighted by molar-refractivity contribution is 5.79. The number of rotatable bonds is 9. The van der Waals surface area contributed by atoms with Gasteiger partial charge in [0.2, 0.25) is 0 Å². The number of para-hydroxylation sites is 4. The molecular weight excluding hydrogens is 464 g/mol. The summed E-state index contributed by atoms with van der Waals surface area (Å²) in [5.74, 6) is 0. The smallest absolute Gasteiger partial charge is 0.0706 e. The fourth-order valence-electron chi connectivity index (χ4n) is 4.90. The summed E-state index contributed by atoms with van der Waals surface area (Å²) in [6, 6.07) is 46.5. The molecule has 186 valence electrons. The van der Waals surface area contributed by atoms with Crippen molar-refractivity contribution in [3.8, 4) is 0 Å². The van der Waals surface area contributed by atoms with Crippen molar-refractivity contribution >= 4 is 33.2 Å². The summed E-state index contributed by atoms with van der Waals surface area (Å²) in [7, 11) is 0. The largest absolute Gasteiger partial charge is 0.364 e. The zero-order valence-corrected chi connectivity index (χ0v) is 21.3. The molecule has 0 aliphatic rings. The number of pyridine rings is 2. The fourth-order valence-corrected chi connectivity index (χ4v) is 4.90. The Kier molecular flexibility index (Phi) is 6.94. The van der Waals surface area contributed by atoms with E-state index < -0.39 is 0 Å². The SMILES string of the molecule is c1ccc(N(CCN(Cc2ccc3ccccc3n2)c2ccccc2)Cc2ccc3ccccc3n2)cc1. The standard InChI is InChI=1S/C34H30N4/c1-3-13-31(14-4-1)37(25-29-21-19-27-11-7-9-17-33(27)35-29)23-24-38(32-15-5-2-6-16-32)26-30-22-20-28-12-8-10-18-34(28)36-30/h1-22H,23-26H2. The molecule has 2 aromatic heterocycles. The van der Waals surface area contributed by atoms with Gasteiger partial charge in [0.1, 0.15) is 0 Å². The van der Waals surface area contributed by atoms with Gasteiger partial charge in [0.25, 0.3) is 0 Å². The van der Waals surface area contributed by atoms with E-state index in [4.69, 9.17) is 9.97 Å². The van der Waals surface area contributed by atoms with Crippen molar-refractivity contribution in [2.24, 2.45) is 0 Å². The first-order valence-electron chi connectivity index (χ1n) is 13.1. The predicted octanol–water partition coefficient (Wildman–Crippen LogP) is 7.50. The molecule has 6 aromatic rings. The number of nitrogens with zero attached hydrogens (tertiary/aromatic N) is 4. The number of hydrogen-bond acceptors (Lipinski definition) is 4. The molecule has 0 atom stereocenters. The van der Waals surface area contributed by atoms with Crippen LogP contribution in [0.5, 0.6) is 0 Å². The maximum atomic E-state index is 4.96. The Morgan fingerprint density at radius 3 is 1.24 bits per heavy atom. The quantitative estimate of drug-likeness (QED) is 0.208. The van der Waals surface area contributed by atoms with Gasteiger partial charge in [-0.1, -0.05) is 84.9 Å². The first-order chi connectivity index (χ1) is 18.8. The van der Waals surface area contributed by atoms with E-state index in [0.717, 1.165) is 48.6 Å². The van der Waals surface area contributed by atoms with Crippen LogP contribution in [0, 0.1) is 0 Å². The first-order valence-corrected chi connectivity index (χ1v) is 13.1. The first kappa shape index (κ1) is 23.7. The average Bonchev–Trinajstić information content (AvgIpc) is 2.99. The number of benzene rings is 4. The van der Waals surface area contributed by atoms with Gasteiger partial charge in [-0.2, -0.15) is 0 Å². The van der Waals surface area contributed by atoms with Crippen LogP contribution in [0.4, 0.5) is 11.4 Å². The third-order valence-electron chi connectivity index (χ3n) is 6.90. The fraction of sp³-hybridized carbons (Fsp3) is 0.118. The zero-order chi connectivity index (χ0) is 25.6. The lowest BCUT2D eigenvalue weighted by Gasteiger charge is -2.30. The van der Waals surface area contributed by atoms with Crippen molar-refractivity contribution < 1.29 is 0 Å². The lowest BCUT2D eigenvalue weighted by molar-refractivity contribution is 0.713. The molecule has 0 saturated heterocycles. The van der Waals surface area contributed by atoms with E-state index in [1.165, 1.54) is 22.1 Å². The molecular formula is C34H30N4. The van der Waals surface area contributed by atoms with Crippen molar-refractivity contribution in [1.82, 2.24) is 9.97 Å². The van der Waals surface area contributed by atoms with Crippen LogP contribution in [0.3, 0.4) is 0 Å². The Morgan fingerprint density at radius 2 is 0.789 bits per heavy atom. The van der Waals surface area contributed by atoms with E-state index in [2.05, 4.69) is 131 Å². The molecule has 38 heavy (non-hydrogen) atoms. The van der Waals surface area contributed by atoms with E-state index in [-0.39, 0.29) is 0 Å². The van der Waals surface area contributed by atoms with Crippen LogP contribution in [0.1, 0.15) is 11.4 Å². The van der Waals surface area contributed by atoms with Crippen molar-refractivity contribution in [1.29, 1.82) is 0 Å². The molecule has 0 amide bonds. The van der Waals surface area contributed by atoms with Gasteiger partial charge in [0, 0.05) is 35.2 Å². The minimum atomic E-state index is 0.742. The second-order valence-electron chi connectivity index (χ2n) is 9.50. The monoisotopic (exact) mass is 494 g/mol. The molecule has 2 heterocycles. The van der Waals surface area contributed by atoms with Crippen LogP contribution in [0.2, 0.25) is 0 Å². The normalized spacial score (nSPS) is 11.1. The van der Waals surface area contributed by atoms with E-state index in [1.54, 1.807) is 0 Å². The van der Waals surface area contributed by atoms with E-state index >= 15 is 0 Å². The maximum absolute atomic E-state index is 4.96. The summed E-state index contributed by atoms with van der Waals surface area (Å²) in [5.41, 5.74) is 6.58. The van der Waals surface area contributed by atoms with Gasteiger partial charge in [-0.25, -0.2) is 0 Å². The summed E-state index contributed by atoms with van der Waals surface area (Å²) in [5, 5.41) is 2.33. The maximum Gasteiger partial charge on any atom is 0.0706 e. The molecule has 0 unspecified atom stereocenters. The number of aromatic nitrogens is 2. The average molecular weight is 495 g/mol. The van der Waals surface area contributed by atoms with Crippen LogP contribution in [-0.2, 0) is 13.1 Å². The van der Waals surface area contributed by atoms with E-state index in [1.807, 2.05) is 12.1 Å². The van der Waals surface area contributed by atoms with Crippen molar-refractivity contribution in [3.63, 3.8) is 0 Å². The van der Waals surface area contributed by atoms with Crippen LogP contribution in [0.25, 0.3) is 21.8 Å². The Hall–Kier alpha value is -4.70. The molecule has 4 heteroatoms. The summed E-state index contributed by atoms with van der Waals surface area (Å²) in [4.78, 5) is 14.7. The second-order valence-corrected chi connectivity index (χ2v) is 9.50. The Labute approximate surface area is 223 Å². The lowest BCUT2D eigenvalue weighted by Crippen LogP contribution is -2.35. The van der Waals surface area contributed by atoms with Gasteiger partial charge < -0.3 is 9.80 Å². The summed E-state index contributed by atoms with van der Waals surface area (Å²) < 4.78 is 0. The lowest BCUT2D eigenvalue weighted by atomic mass is 10.2. The molecule has 0 saturated carbocycles. The number of anilines is 2. The van der Waals surface area contributed by atoms with Crippen molar-refractivity contribution in [3.05, 3.63) is 145 Å². The number of fused-ring (bicyclic) bond motifs is 2. The van der Waals surface area contributed by atoms with E-state index in [0.29, 0.717) is 0 Å². The minimum absolute atomic E-state index is 0.742. The highest BCUT2D eigenvalue weighted by Gasteiger charge is 2.14. The highest BCUT2D eigenvalue weighted by atomic mass is 15.2. The molecule has 6 rings (SSSR count). The van der Waals surface area contributed by atoms with Crippen molar-refractivity contribution in [2.45, 2.75) is 13.1 Å². The third-order valence-corrected chi connectivity index (χ3v) is 6.90. The van der Waals surface area contributed by atoms with Crippen LogP contribution in [-0.4, -0.2) is 23.1 Å². The Balaban J connectivity index is 1.26. The van der Waals surface area contributed by atoms with Gasteiger partial charge in [0.15, 0.2) is 0 Å². The molecule has 0 N–H and O–H groups in total. The summed E-state index contributed by atoms with van der Waals surface area (Å²) in [6.45, 7) is 3.18. The molecule has 0 aliphatic carbocycles. The highest BCUT2D eigenvalue weighted by Crippen LogP contribution is 2.22. The molecule has 0 fully saturated rings. The van der Waals surface area contributed by atoms with E-state index in [9.17, 15) is 0 Å². The Bertz CT molecular complexity index is 1510. The van der Waals surface area contributed by atoms with Crippen molar-refractivity contribution in [2.75, 3.05) is 22.9 Å². The minimum Gasteiger partial charge on any atom is -0.364 e. The van der Waals surface area contributed by atoms with Gasteiger partial charge in [-0.15, -0.1) is 0 Å². The molecule has 0 radical (unpaired) electrons. The molecule has 4 nitrogen and oxygen atoms in total. The van der Waals surface area contributed by atoms with Gasteiger partial charge >= 0.3 is 0 Å². The Morgan fingerprint density at radius 1 is 0.395 bits per heavy atom. The molecule has 0 spiro atoms. The number of hydrogen-bond donors (Lipinski definition) is 0.